The average Bonchev–Trinajstić information content (AvgIpc) is 2.82. The molecule has 1 aromatic carbocycles. The molecule has 3 aromatic rings. The molecule has 3 rings (SSSR count). The van der Waals surface area contributed by atoms with Crippen molar-refractivity contribution in [1.82, 2.24) is 19.7 Å². The molecule has 0 saturated carbocycles. The maximum atomic E-state index is 5.32. The van der Waals surface area contributed by atoms with E-state index >= 15 is 0 Å². The van der Waals surface area contributed by atoms with Gasteiger partial charge in [0.2, 0.25) is 0 Å². The Morgan fingerprint density at radius 1 is 1.21 bits per heavy atom. The molecule has 5 heteroatoms. The molecule has 0 aliphatic carbocycles. The number of hydrogen-bond acceptors (Lipinski definition) is 3. The van der Waals surface area contributed by atoms with Crippen LogP contribution in [0.4, 0.5) is 0 Å². The van der Waals surface area contributed by atoms with E-state index in [1.54, 1.807) is 12.4 Å². The number of nitrogens with zero attached hydrogens (tertiary/aromatic N) is 3. The molecule has 4 nitrogen and oxygen atoms in total. The predicted octanol–water partition coefficient (Wildman–Crippen LogP) is 3.30. The summed E-state index contributed by atoms with van der Waals surface area (Å²) < 4.78 is 2.49. The third-order valence-corrected chi connectivity index (χ3v) is 3.13. The Labute approximate surface area is 115 Å². The standard InChI is InChI=1S/C14H12N4S/c1-10-4-2-6-12(8-10)18-13(16-17-14(18)19)11-5-3-7-15-9-11/h2-9H,1H3,(H,17,19). The van der Waals surface area contributed by atoms with Crippen LogP contribution in [0, 0.1) is 11.7 Å². The number of pyridine rings is 1. The summed E-state index contributed by atoms with van der Waals surface area (Å²) in [4.78, 5) is 4.12. The van der Waals surface area contributed by atoms with Crippen molar-refractivity contribution in [3.63, 3.8) is 0 Å². The van der Waals surface area contributed by atoms with Crippen molar-refractivity contribution in [1.29, 1.82) is 0 Å². The van der Waals surface area contributed by atoms with Crippen molar-refractivity contribution >= 4 is 12.2 Å². The van der Waals surface area contributed by atoms with Gasteiger partial charge in [0.15, 0.2) is 10.6 Å². The Bertz CT molecular complexity index is 758. The summed E-state index contributed by atoms with van der Waals surface area (Å²) in [6, 6.07) is 12.0. The van der Waals surface area contributed by atoms with Gasteiger partial charge >= 0.3 is 0 Å². The van der Waals surface area contributed by atoms with Gasteiger partial charge in [-0.15, -0.1) is 0 Å². The van der Waals surface area contributed by atoms with Gasteiger partial charge in [-0.2, -0.15) is 5.10 Å². The second kappa shape index (κ2) is 4.78. The molecule has 0 radical (unpaired) electrons. The van der Waals surface area contributed by atoms with Crippen molar-refractivity contribution in [2.45, 2.75) is 6.92 Å². The minimum absolute atomic E-state index is 0.574. The molecule has 1 N–H and O–H groups in total. The Morgan fingerprint density at radius 2 is 2.11 bits per heavy atom. The topological polar surface area (TPSA) is 46.5 Å². The van der Waals surface area contributed by atoms with Gasteiger partial charge in [-0.1, -0.05) is 12.1 Å². The van der Waals surface area contributed by atoms with Gasteiger partial charge in [0, 0.05) is 18.0 Å². The van der Waals surface area contributed by atoms with E-state index in [0.29, 0.717) is 4.77 Å². The molecule has 0 fully saturated rings. The van der Waals surface area contributed by atoms with E-state index in [4.69, 9.17) is 12.2 Å². The molecule has 0 aliphatic rings. The second-order valence-electron chi connectivity index (χ2n) is 4.27. The molecule has 2 aromatic heterocycles. The average molecular weight is 268 g/mol. The predicted molar refractivity (Wildman–Crippen MR) is 76.7 cm³/mol. The maximum absolute atomic E-state index is 5.32. The molecule has 0 atom stereocenters. The first kappa shape index (κ1) is 11.8. The summed E-state index contributed by atoms with van der Waals surface area (Å²) in [6.07, 6.45) is 3.51. The van der Waals surface area contributed by atoms with Gasteiger partial charge < -0.3 is 0 Å². The summed E-state index contributed by atoms with van der Waals surface area (Å²) in [6.45, 7) is 2.05. The fraction of sp³-hybridized carbons (Fsp3) is 0.0714. The van der Waals surface area contributed by atoms with Crippen LogP contribution < -0.4 is 0 Å². The van der Waals surface area contributed by atoms with Gasteiger partial charge in [0.25, 0.3) is 0 Å². The molecule has 0 spiro atoms. The number of rotatable bonds is 2. The van der Waals surface area contributed by atoms with Crippen molar-refractivity contribution in [3.05, 3.63) is 59.1 Å². The van der Waals surface area contributed by atoms with Crippen LogP contribution in [0.15, 0.2) is 48.8 Å². The number of hydrogen-bond donors (Lipinski definition) is 1. The van der Waals surface area contributed by atoms with E-state index in [1.165, 1.54) is 5.56 Å². The van der Waals surface area contributed by atoms with Crippen LogP contribution in [0.3, 0.4) is 0 Å². The van der Waals surface area contributed by atoms with Gasteiger partial charge in [-0.05, 0) is 49.0 Å². The lowest BCUT2D eigenvalue weighted by molar-refractivity contribution is 1.03. The highest BCUT2D eigenvalue weighted by atomic mass is 32.1. The fourth-order valence-electron chi connectivity index (χ4n) is 1.99. The van der Waals surface area contributed by atoms with E-state index in [2.05, 4.69) is 34.2 Å². The summed E-state index contributed by atoms with van der Waals surface area (Å²) in [7, 11) is 0. The quantitative estimate of drug-likeness (QED) is 0.725. The van der Waals surface area contributed by atoms with Crippen molar-refractivity contribution in [2.24, 2.45) is 0 Å². The van der Waals surface area contributed by atoms with E-state index < -0.39 is 0 Å². The van der Waals surface area contributed by atoms with E-state index in [-0.39, 0.29) is 0 Å². The van der Waals surface area contributed by atoms with Gasteiger partial charge in [0.05, 0.1) is 5.69 Å². The summed E-state index contributed by atoms with van der Waals surface area (Å²) in [5.41, 5.74) is 3.10. The van der Waals surface area contributed by atoms with Crippen molar-refractivity contribution < 1.29 is 0 Å². The highest BCUT2D eigenvalue weighted by Gasteiger charge is 2.10. The first-order chi connectivity index (χ1) is 9.25. The number of H-pyrrole nitrogens is 1. The Hall–Kier alpha value is -2.27. The minimum Gasteiger partial charge on any atom is -0.268 e. The van der Waals surface area contributed by atoms with Crippen LogP contribution in [0.5, 0.6) is 0 Å². The molecular formula is C14H12N4S. The zero-order valence-corrected chi connectivity index (χ0v) is 11.2. The highest BCUT2D eigenvalue weighted by Crippen LogP contribution is 2.20. The molecule has 19 heavy (non-hydrogen) atoms. The summed E-state index contributed by atoms with van der Waals surface area (Å²) in [5, 5.41) is 7.14. The van der Waals surface area contributed by atoms with Crippen LogP contribution in [0.25, 0.3) is 17.1 Å². The minimum atomic E-state index is 0.574. The highest BCUT2D eigenvalue weighted by molar-refractivity contribution is 7.71. The third-order valence-electron chi connectivity index (χ3n) is 2.85. The number of aromatic nitrogens is 4. The van der Waals surface area contributed by atoms with Gasteiger partial charge in [0.1, 0.15) is 0 Å². The molecule has 2 heterocycles. The van der Waals surface area contributed by atoms with Crippen LogP contribution in [0.2, 0.25) is 0 Å². The maximum Gasteiger partial charge on any atom is 0.200 e. The van der Waals surface area contributed by atoms with Gasteiger partial charge in [-0.3, -0.25) is 14.6 Å². The molecule has 0 bridgehead atoms. The molecule has 94 valence electrons. The lowest BCUT2D eigenvalue weighted by Gasteiger charge is -2.07. The Balaban J connectivity index is 2.23. The SMILES string of the molecule is Cc1cccc(-n2c(-c3cccnc3)n[nH]c2=S)c1. The zero-order chi connectivity index (χ0) is 13.2. The lowest BCUT2D eigenvalue weighted by atomic mass is 10.2. The molecule has 0 saturated heterocycles. The molecule has 0 amide bonds. The normalized spacial score (nSPS) is 10.6. The van der Waals surface area contributed by atoms with Crippen LogP contribution in [-0.2, 0) is 0 Å². The molecule has 0 unspecified atom stereocenters. The fourth-order valence-corrected chi connectivity index (χ4v) is 2.23. The number of aryl methyl sites for hydroxylation is 1. The van der Waals surface area contributed by atoms with Gasteiger partial charge in [-0.25, -0.2) is 0 Å². The first-order valence-corrected chi connectivity index (χ1v) is 6.31. The number of nitrogens with one attached hydrogen (secondary N) is 1. The largest absolute Gasteiger partial charge is 0.268 e. The summed E-state index contributed by atoms with van der Waals surface area (Å²) >= 11 is 5.32. The Morgan fingerprint density at radius 3 is 2.84 bits per heavy atom. The third kappa shape index (κ3) is 2.20. The van der Waals surface area contributed by atoms with E-state index in [9.17, 15) is 0 Å². The molecule has 0 aliphatic heterocycles. The number of aromatic amines is 1. The first-order valence-electron chi connectivity index (χ1n) is 5.90. The van der Waals surface area contributed by atoms with Crippen molar-refractivity contribution in [2.75, 3.05) is 0 Å². The van der Waals surface area contributed by atoms with Crippen LogP contribution >= 0.6 is 12.2 Å². The summed E-state index contributed by atoms with van der Waals surface area (Å²) in [5.74, 6) is 0.767. The smallest absolute Gasteiger partial charge is 0.200 e. The van der Waals surface area contributed by atoms with Crippen molar-refractivity contribution in [3.8, 4) is 17.1 Å². The lowest BCUT2D eigenvalue weighted by Crippen LogP contribution is -1.98. The van der Waals surface area contributed by atoms with Crippen LogP contribution in [-0.4, -0.2) is 19.7 Å². The number of benzene rings is 1. The van der Waals surface area contributed by atoms with E-state index in [1.807, 2.05) is 28.8 Å². The van der Waals surface area contributed by atoms with E-state index in [0.717, 1.165) is 17.1 Å². The Kier molecular flexibility index (Phi) is 2.97. The zero-order valence-electron chi connectivity index (χ0n) is 10.4. The second-order valence-corrected chi connectivity index (χ2v) is 4.66. The molecular weight excluding hydrogens is 256 g/mol. The van der Waals surface area contributed by atoms with Crippen LogP contribution in [0.1, 0.15) is 5.56 Å². The monoisotopic (exact) mass is 268 g/mol.